The smallest absolute Gasteiger partial charge is 0.276 e. The zero-order chi connectivity index (χ0) is 16.7. The van der Waals surface area contributed by atoms with Crippen LogP contribution in [0.25, 0.3) is 0 Å². The maximum Gasteiger partial charge on any atom is 0.276 e. The average Bonchev–Trinajstić information content (AvgIpc) is 2.58. The molecule has 2 rings (SSSR count). The molecule has 0 unspecified atom stereocenters. The Hall–Kier alpha value is -2.47. The quantitative estimate of drug-likeness (QED) is 0.847. The van der Waals surface area contributed by atoms with Crippen molar-refractivity contribution in [2.45, 2.75) is 20.4 Å². The van der Waals surface area contributed by atoms with Crippen molar-refractivity contribution in [3.63, 3.8) is 0 Å². The predicted octanol–water partition coefficient (Wildman–Crippen LogP) is 1.84. The fraction of sp³-hybridized carbons (Fsp3) is 0.353. The van der Waals surface area contributed by atoms with Crippen LogP contribution in [0, 0.1) is 0 Å². The van der Waals surface area contributed by atoms with Gasteiger partial charge in [-0.1, -0.05) is 32.0 Å². The van der Waals surface area contributed by atoms with E-state index in [1.807, 2.05) is 18.2 Å². The summed E-state index contributed by atoms with van der Waals surface area (Å²) in [6.07, 6.45) is 0. The minimum Gasteiger partial charge on any atom is -0.321 e. The molecule has 0 fully saturated rings. The van der Waals surface area contributed by atoms with Gasteiger partial charge in [0.05, 0.1) is 6.54 Å². The van der Waals surface area contributed by atoms with Crippen LogP contribution in [0.15, 0.2) is 47.3 Å². The highest BCUT2D eigenvalue weighted by atomic mass is 16.2. The second-order valence-corrected chi connectivity index (χ2v) is 5.13. The van der Waals surface area contributed by atoms with Crippen molar-refractivity contribution >= 4 is 11.6 Å². The van der Waals surface area contributed by atoms with Crippen LogP contribution in [0.1, 0.15) is 24.3 Å². The Kier molecular flexibility index (Phi) is 6.05. The number of hydrogen-bond donors (Lipinski definition) is 1. The molecule has 0 spiro atoms. The summed E-state index contributed by atoms with van der Waals surface area (Å²) in [7, 11) is 0. The highest BCUT2D eigenvalue weighted by Crippen LogP contribution is 2.06. The molecule has 2 aromatic rings. The largest absolute Gasteiger partial charge is 0.321 e. The minimum atomic E-state index is -0.326. The van der Waals surface area contributed by atoms with E-state index in [-0.39, 0.29) is 17.2 Å². The van der Waals surface area contributed by atoms with Crippen molar-refractivity contribution in [2.24, 2.45) is 0 Å². The standard InChI is InChI=1S/C17H22N4O2/c1-3-20(4-2)12-13-21-16(22)11-10-15(19-21)17(23)18-14-8-6-5-7-9-14/h5-11H,3-4,12-13H2,1-2H3,(H,18,23). The molecule has 1 heterocycles. The molecule has 0 radical (unpaired) electrons. The molecule has 0 atom stereocenters. The molecule has 0 saturated heterocycles. The number of rotatable bonds is 7. The highest BCUT2D eigenvalue weighted by molar-refractivity contribution is 6.02. The third kappa shape index (κ3) is 4.75. The molecule has 122 valence electrons. The van der Waals surface area contributed by atoms with Gasteiger partial charge < -0.3 is 10.2 Å². The monoisotopic (exact) mass is 314 g/mol. The predicted molar refractivity (Wildman–Crippen MR) is 90.7 cm³/mol. The van der Waals surface area contributed by atoms with E-state index in [9.17, 15) is 9.59 Å². The van der Waals surface area contributed by atoms with Crippen LogP contribution in [-0.2, 0) is 6.54 Å². The van der Waals surface area contributed by atoms with E-state index >= 15 is 0 Å². The van der Waals surface area contributed by atoms with E-state index in [2.05, 4.69) is 29.2 Å². The summed E-state index contributed by atoms with van der Waals surface area (Å²) in [6, 6.07) is 12.0. The van der Waals surface area contributed by atoms with E-state index < -0.39 is 0 Å². The number of nitrogens with one attached hydrogen (secondary N) is 1. The number of amides is 1. The minimum absolute atomic E-state index is 0.201. The number of likely N-dealkylation sites (N-methyl/N-ethyl adjacent to an activating group) is 1. The molecule has 1 aromatic heterocycles. The van der Waals surface area contributed by atoms with Crippen LogP contribution < -0.4 is 10.9 Å². The lowest BCUT2D eigenvalue weighted by Crippen LogP contribution is -2.33. The van der Waals surface area contributed by atoms with Gasteiger partial charge in [-0.25, -0.2) is 4.68 Å². The van der Waals surface area contributed by atoms with Crippen LogP contribution in [0.2, 0.25) is 0 Å². The molecular formula is C17H22N4O2. The normalized spacial score (nSPS) is 10.7. The van der Waals surface area contributed by atoms with Crippen molar-refractivity contribution in [3.8, 4) is 0 Å². The number of carbonyl (C=O) groups excluding carboxylic acids is 1. The van der Waals surface area contributed by atoms with E-state index in [0.29, 0.717) is 12.2 Å². The first kappa shape index (κ1) is 16.9. The Morgan fingerprint density at radius 3 is 2.48 bits per heavy atom. The summed E-state index contributed by atoms with van der Waals surface area (Å²) in [4.78, 5) is 26.3. The van der Waals surface area contributed by atoms with E-state index in [1.165, 1.54) is 16.8 Å². The second kappa shape index (κ2) is 8.24. The van der Waals surface area contributed by atoms with Gasteiger partial charge in [-0.15, -0.1) is 0 Å². The highest BCUT2D eigenvalue weighted by Gasteiger charge is 2.10. The first-order valence-corrected chi connectivity index (χ1v) is 7.81. The molecule has 0 aliphatic carbocycles. The van der Waals surface area contributed by atoms with Gasteiger partial charge >= 0.3 is 0 Å². The first-order chi connectivity index (χ1) is 11.1. The second-order valence-electron chi connectivity index (χ2n) is 5.13. The lowest BCUT2D eigenvalue weighted by atomic mass is 10.3. The van der Waals surface area contributed by atoms with E-state index in [0.717, 1.165) is 19.6 Å². The Labute approximate surface area is 135 Å². The van der Waals surface area contributed by atoms with Gasteiger partial charge in [0.2, 0.25) is 0 Å². The molecule has 23 heavy (non-hydrogen) atoms. The SMILES string of the molecule is CCN(CC)CCn1nc(C(=O)Nc2ccccc2)ccc1=O. The summed E-state index contributed by atoms with van der Waals surface area (Å²) < 4.78 is 1.35. The summed E-state index contributed by atoms with van der Waals surface area (Å²) in [5.41, 5.74) is 0.724. The maximum atomic E-state index is 12.2. The van der Waals surface area contributed by atoms with Gasteiger partial charge in [-0.05, 0) is 31.3 Å². The van der Waals surface area contributed by atoms with Gasteiger partial charge in [0, 0.05) is 18.3 Å². The lowest BCUT2D eigenvalue weighted by molar-refractivity contribution is 0.101. The van der Waals surface area contributed by atoms with Crippen LogP contribution in [0.5, 0.6) is 0 Å². The zero-order valence-electron chi connectivity index (χ0n) is 13.5. The lowest BCUT2D eigenvalue weighted by Gasteiger charge is -2.18. The van der Waals surface area contributed by atoms with Crippen molar-refractivity contribution in [2.75, 3.05) is 25.0 Å². The molecule has 0 aliphatic heterocycles. The summed E-state index contributed by atoms with van der Waals surface area (Å²) in [6.45, 7) is 7.17. The molecule has 1 N–H and O–H groups in total. The van der Waals surface area contributed by atoms with Crippen LogP contribution in [0.3, 0.4) is 0 Å². The maximum absolute atomic E-state index is 12.2. The average molecular weight is 314 g/mol. The number of hydrogen-bond acceptors (Lipinski definition) is 4. The van der Waals surface area contributed by atoms with E-state index in [1.54, 1.807) is 12.1 Å². The number of carbonyl (C=O) groups is 1. The van der Waals surface area contributed by atoms with Gasteiger partial charge in [-0.3, -0.25) is 9.59 Å². The third-order valence-corrected chi connectivity index (χ3v) is 3.65. The van der Waals surface area contributed by atoms with Crippen molar-refractivity contribution < 1.29 is 4.79 Å². The Morgan fingerprint density at radius 1 is 1.13 bits per heavy atom. The fourth-order valence-corrected chi connectivity index (χ4v) is 2.22. The van der Waals surface area contributed by atoms with Crippen LogP contribution in [-0.4, -0.2) is 40.2 Å². The molecule has 1 amide bonds. The van der Waals surface area contributed by atoms with Gasteiger partial charge in [0.15, 0.2) is 0 Å². The molecule has 0 bridgehead atoms. The number of aromatic nitrogens is 2. The van der Waals surface area contributed by atoms with Gasteiger partial charge in [-0.2, -0.15) is 5.10 Å². The summed E-state index contributed by atoms with van der Waals surface area (Å²) in [5, 5.41) is 6.94. The Morgan fingerprint density at radius 2 is 1.83 bits per heavy atom. The third-order valence-electron chi connectivity index (χ3n) is 3.65. The van der Waals surface area contributed by atoms with Gasteiger partial charge in [0.1, 0.15) is 5.69 Å². The summed E-state index contributed by atoms with van der Waals surface area (Å²) >= 11 is 0. The topological polar surface area (TPSA) is 67.2 Å². The summed E-state index contributed by atoms with van der Waals surface area (Å²) in [5.74, 6) is -0.326. The van der Waals surface area contributed by atoms with Crippen molar-refractivity contribution in [1.82, 2.24) is 14.7 Å². The molecule has 0 saturated carbocycles. The number of para-hydroxylation sites is 1. The fourth-order valence-electron chi connectivity index (χ4n) is 2.22. The van der Waals surface area contributed by atoms with Crippen molar-refractivity contribution in [1.29, 1.82) is 0 Å². The molecule has 6 nitrogen and oxygen atoms in total. The zero-order valence-corrected chi connectivity index (χ0v) is 13.5. The first-order valence-electron chi connectivity index (χ1n) is 7.81. The molecule has 6 heteroatoms. The molecule has 0 aliphatic rings. The van der Waals surface area contributed by atoms with Gasteiger partial charge in [0.25, 0.3) is 11.5 Å². The van der Waals surface area contributed by atoms with Crippen LogP contribution >= 0.6 is 0 Å². The van der Waals surface area contributed by atoms with E-state index in [4.69, 9.17) is 0 Å². The Bertz CT molecular complexity index is 693. The van der Waals surface area contributed by atoms with Crippen molar-refractivity contribution in [3.05, 3.63) is 58.5 Å². The number of benzene rings is 1. The molecular weight excluding hydrogens is 292 g/mol. The van der Waals surface area contributed by atoms with Crippen LogP contribution in [0.4, 0.5) is 5.69 Å². The Balaban J connectivity index is 2.10. The molecule has 1 aromatic carbocycles. The number of nitrogens with zero attached hydrogens (tertiary/aromatic N) is 3. The number of anilines is 1.